The van der Waals surface area contributed by atoms with E-state index < -0.39 is 60.5 Å². The molecule has 5 atom stereocenters. The van der Waals surface area contributed by atoms with Crippen LogP contribution in [0, 0.1) is 0 Å². The number of hydrogen-bond donors (Lipinski definition) is 7. The number of phenols is 3. The zero-order chi connectivity index (χ0) is 17.3. The summed E-state index contributed by atoms with van der Waals surface area (Å²) in [5.41, 5.74) is -0.379. The van der Waals surface area contributed by atoms with Crippen LogP contribution in [0.1, 0.15) is 10.4 Å². The molecule has 0 aliphatic carbocycles. The molecule has 1 heterocycles. The van der Waals surface area contributed by atoms with Gasteiger partial charge in [-0.1, -0.05) is 0 Å². The molecule has 1 aliphatic heterocycles. The molecular formula is C13H16O10. The molecule has 1 saturated heterocycles. The van der Waals surface area contributed by atoms with Crippen LogP contribution in [0.2, 0.25) is 0 Å². The van der Waals surface area contributed by atoms with E-state index in [1.54, 1.807) is 0 Å². The third-order valence-electron chi connectivity index (χ3n) is 3.39. The monoisotopic (exact) mass is 332 g/mol. The lowest BCUT2D eigenvalue weighted by molar-refractivity contribution is -0.285. The third-order valence-corrected chi connectivity index (χ3v) is 3.39. The number of carbonyl (C=O) groups excluding carboxylic acids is 1. The molecule has 2 rings (SSSR count). The van der Waals surface area contributed by atoms with Gasteiger partial charge in [0.2, 0.25) is 0 Å². The summed E-state index contributed by atoms with van der Waals surface area (Å²) >= 11 is 0. The number of aliphatic hydroxyl groups is 4. The minimum atomic E-state index is -1.81. The second kappa shape index (κ2) is 6.56. The van der Waals surface area contributed by atoms with Crippen LogP contribution in [0.3, 0.4) is 0 Å². The molecular weight excluding hydrogens is 316 g/mol. The topological polar surface area (TPSA) is 177 Å². The Balaban J connectivity index is 2.16. The Bertz CT molecular complexity index is 565. The maximum atomic E-state index is 11.9. The van der Waals surface area contributed by atoms with Gasteiger partial charge < -0.3 is 45.2 Å². The highest BCUT2D eigenvalue weighted by molar-refractivity contribution is 5.91. The highest BCUT2D eigenvalue weighted by Gasteiger charge is 2.46. The fourth-order valence-corrected chi connectivity index (χ4v) is 2.11. The molecule has 1 aliphatic rings. The molecule has 10 heteroatoms. The van der Waals surface area contributed by atoms with Gasteiger partial charge in [0.25, 0.3) is 0 Å². The van der Waals surface area contributed by atoms with Gasteiger partial charge in [-0.25, -0.2) is 4.79 Å². The van der Waals surface area contributed by atoms with E-state index in [1.807, 2.05) is 0 Å². The number of aromatic hydroxyl groups is 3. The SMILES string of the molecule is O=C(O[C@@H]1[C@@H](O)[C@@H](O)[C@@H](CO)O[C@H]1O)c1cc(O)c(O)c(O)c1. The van der Waals surface area contributed by atoms with E-state index in [9.17, 15) is 35.4 Å². The standard InChI is InChI=1S/C13H16O10/c14-3-7-9(18)10(19)11(13(21)22-7)23-12(20)4-1-5(15)8(17)6(16)2-4/h1-2,7,9-11,13-19,21H,3H2/t7-,9+,10+,11-,13-/m1/s1. The Morgan fingerprint density at radius 1 is 1.09 bits per heavy atom. The summed E-state index contributed by atoms with van der Waals surface area (Å²) in [4.78, 5) is 11.9. The minimum absolute atomic E-state index is 0.379. The smallest absolute Gasteiger partial charge is 0.338 e. The van der Waals surface area contributed by atoms with E-state index in [0.717, 1.165) is 12.1 Å². The van der Waals surface area contributed by atoms with E-state index in [2.05, 4.69) is 0 Å². The number of esters is 1. The summed E-state index contributed by atoms with van der Waals surface area (Å²) in [6, 6.07) is 1.60. The third kappa shape index (κ3) is 3.30. The predicted octanol–water partition coefficient (Wildman–Crippen LogP) is -2.24. The van der Waals surface area contributed by atoms with Crippen molar-refractivity contribution in [3.8, 4) is 17.2 Å². The van der Waals surface area contributed by atoms with Gasteiger partial charge in [-0.05, 0) is 12.1 Å². The number of ether oxygens (including phenoxy) is 2. The first kappa shape index (κ1) is 17.2. The van der Waals surface area contributed by atoms with E-state index >= 15 is 0 Å². The summed E-state index contributed by atoms with van der Waals surface area (Å²) in [6.07, 6.45) is -8.08. The van der Waals surface area contributed by atoms with E-state index in [4.69, 9.17) is 14.6 Å². The molecule has 7 N–H and O–H groups in total. The predicted molar refractivity (Wildman–Crippen MR) is 70.6 cm³/mol. The zero-order valence-electron chi connectivity index (χ0n) is 11.6. The number of carbonyl (C=O) groups is 1. The number of phenolic OH excluding ortho intramolecular Hbond substituents is 3. The average molecular weight is 332 g/mol. The second-order valence-electron chi connectivity index (χ2n) is 4.96. The van der Waals surface area contributed by atoms with Gasteiger partial charge in [-0.15, -0.1) is 0 Å². The molecule has 1 aromatic rings. The van der Waals surface area contributed by atoms with E-state index in [-0.39, 0.29) is 5.56 Å². The fraction of sp³-hybridized carbons (Fsp3) is 0.462. The molecule has 23 heavy (non-hydrogen) atoms. The summed E-state index contributed by atoms with van der Waals surface area (Å²) in [6.45, 7) is -0.671. The molecule has 10 nitrogen and oxygen atoms in total. The van der Waals surface area contributed by atoms with Crippen LogP contribution in [0.25, 0.3) is 0 Å². The van der Waals surface area contributed by atoms with Crippen LogP contribution in [-0.2, 0) is 9.47 Å². The maximum absolute atomic E-state index is 11.9. The number of benzene rings is 1. The number of aliphatic hydroxyl groups excluding tert-OH is 4. The van der Waals surface area contributed by atoms with Crippen molar-refractivity contribution in [3.63, 3.8) is 0 Å². The average Bonchev–Trinajstić information content (AvgIpc) is 2.51. The minimum Gasteiger partial charge on any atom is -0.504 e. The molecule has 0 saturated carbocycles. The van der Waals surface area contributed by atoms with Crippen molar-refractivity contribution in [2.24, 2.45) is 0 Å². The highest BCUT2D eigenvalue weighted by atomic mass is 16.7. The van der Waals surface area contributed by atoms with Crippen molar-refractivity contribution in [3.05, 3.63) is 17.7 Å². The van der Waals surface area contributed by atoms with Gasteiger partial charge >= 0.3 is 5.97 Å². The lowest BCUT2D eigenvalue weighted by Crippen LogP contribution is -2.59. The molecule has 0 amide bonds. The van der Waals surface area contributed by atoms with Crippen LogP contribution in [0.5, 0.6) is 17.2 Å². The van der Waals surface area contributed by atoms with Crippen LogP contribution in [-0.4, -0.2) is 79.0 Å². The van der Waals surface area contributed by atoms with Gasteiger partial charge in [-0.2, -0.15) is 0 Å². The summed E-state index contributed by atoms with van der Waals surface area (Å²) in [5.74, 6) is -3.56. The Morgan fingerprint density at radius 3 is 2.17 bits per heavy atom. The van der Waals surface area contributed by atoms with Crippen LogP contribution < -0.4 is 0 Å². The number of hydrogen-bond acceptors (Lipinski definition) is 10. The normalized spacial score (nSPS) is 30.9. The molecule has 0 spiro atoms. The highest BCUT2D eigenvalue weighted by Crippen LogP contribution is 2.35. The quantitative estimate of drug-likeness (QED) is 0.236. The summed E-state index contributed by atoms with van der Waals surface area (Å²) in [7, 11) is 0. The van der Waals surface area contributed by atoms with Gasteiger partial charge in [0, 0.05) is 0 Å². The Morgan fingerprint density at radius 2 is 1.65 bits per heavy atom. The van der Waals surface area contributed by atoms with Crippen molar-refractivity contribution in [2.75, 3.05) is 6.61 Å². The Kier molecular flexibility index (Phi) is 4.92. The van der Waals surface area contributed by atoms with Crippen molar-refractivity contribution in [1.29, 1.82) is 0 Å². The second-order valence-corrected chi connectivity index (χ2v) is 4.96. The fourth-order valence-electron chi connectivity index (χ4n) is 2.11. The van der Waals surface area contributed by atoms with Crippen molar-refractivity contribution in [1.82, 2.24) is 0 Å². The van der Waals surface area contributed by atoms with Gasteiger partial charge in [-0.3, -0.25) is 0 Å². The van der Waals surface area contributed by atoms with Crippen molar-refractivity contribution < 1.29 is 50.0 Å². The Labute approximate surface area is 129 Å². The zero-order valence-corrected chi connectivity index (χ0v) is 11.6. The van der Waals surface area contributed by atoms with Gasteiger partial charge in [0.15, 0.2) is 29.6 Å². The molecule has 1 fully saturated rings. The summed E-state index contributed by atoms with van der Waals surface area (Å²) in [5, 5.41) is 66.0. The molecule has 1 aromatic carbocycles. The summed E-state index contributed by atoms with van der Waals surface area (Å²) < 4.78 is 9.62. The largest absolute Gasteiger partial charge is 0.504 e. The Hall–Kier alpha value is -2.11. The van der Waals surface area contributed by atoms with E-state index in [1.165, 1.54) is 0 Å². The number of rotatable bonds is 3. The lowest BCUT2D eigenvalue weighted by atomic mass is 9.99. The first-order chi connectivity index (χ1) is 10.8. The van der Waals surface area contributed by atoms with Gasteiger partial charge in [0.1, 0.15) is 18.3 Å². The molecule has 0 aromatic heterocycles. The lowest BCUT2D eigenvalue weighted by Gasteiger charge is -2.39. The first-order valence-electron chi connectivity index (χ1n) is 6.52. The molecule has 0 bridgehead atoms. The van der Waals surface area contributed by atoms with Gasteiger partial charge in [0.05, 0.1) is 12.2 Å². The molecule has 0 radical (unpaired) electrons. The first-order valence-corrected chi connectivity index (χ1v) is 6.52. The van der Waals surface area contributed by atoms with Crippen molar-refractivity contribution >= 4 is 5.97 Å². The van der Waals surface area contributed by atoms with Crippen LogP contribution in [0.4, 0.5) is 0 Å². The van der Waals surface area contributed by atoms with Crippen molar-refractivity contribution in [2.45, 2.75) is 30.7 Å². The van der Waals surface area contributed by atoms with Crippen LogP contribution in [0.15, 0.2) is 12.1 Å². The van der Waals surface area contributed by atoms with E-state index in [0.29, 0.717) is 0 Å². The molecule has 0 unspecified atom stereocenters. The maximum Gasteiger partial charge on any atom is 0.338 e. The molecule has 128 valence electrons. The van der Waals surface area contributed by atoms with Crippen LogP contribution >= 0.6 is 0 Å².